The third-order valence-corrected chi connectivity index (χ3v) is 7.90. The van der Waals surface area contributed by atoms with Crippen molar-refractivity contribution in [1.29, 1.82) is 0 Å². The largest absolute Gasteiger partial charge is 0.368 e. The van der Waals surface area contributed by atoms with E-state index in [1.54, 1.807) is 17.2 Å². The smallest absolute Gasteiger partial charge is 0.259 e. The highest BCUT2D eigenvalue weighted by Gasteiger charge is 2.26. The quantitative estimate of drug-likeness (QED) is 0.574. The molecule has 0 bridgehead atoms. The van der Waals surface area contributed by atoms with Crippen LogP contribution >= 0.6 is 0 Å². The molecule has 2 heterocycles. The number of hydrogen-bond acceptors (Lipinski definition) is 5. The number of amides is 1. The number of fused-ring (bicyclic) bond motifs is 1. The molecule has 9 heteroatoms. The molecule has 1 aliphatic heterocycles. The summed E-state index contributed by atoms with van der Waals surface area (Å²) in [6.07, 6.45) is 1.59. The average Bonchev–Trinajstić information content (AvgIpc) is 2.84. The first-order valence-corrected chi connectivity index (χ1v) is 12.4. The first kappa shape index (κ1) is 23.0. The molecule has 1 aromatic heterocycles. The van der Waals surface area contributed by atoms with Gasteiger partial charge < -0.3 is 14.4 Å². The molecule has 33 heavy (non-hydrogen) atoms. The van der Waals surface area contributed by atoms with Crippen molar-refractivity contribution in [1.82, 2.24) is 13.8 Å². The topological polar surface area (TPSA) is 82.9 Å². The van der Waals surface area contributed by atoms with Crippen molar-refractivity contribution >= 4 is 32.5 Å². The third-order valence-electron chi connectivity index (χ3n) is 6.09. The minimum atomic E-state index is -3.71. The monoisotopic (exact) mass is 468 g/mol. The molecule has 0 radical (unpaired) electrons. The molecule has 0 unspecified atom stereocenters. The molecule has 4 rings (SSSR count). The van der Waals surface area contributed by atoms with Crippen molar-refractivity contribution in [2.75, 3.05) is 45.2 Å². The third kappa shape index (κ3) is 4.26. The summed E-state index contributed by atoms with van der Waals surface area (Å²) in [5.74, 6) is -0.322. The van der Waals surface area contributed by atoms with Crippen LogP contribution in [0.25, 0.3) is 10.9 Å². The molecule has 0 saturated carbocycles. The second-order valence-electron chi connectivity index (χ2n) is 8.24. The van der Waals surface area contributed by atoms with Gasteiger partial charge in [0.25, 0.3) is 5.91 Å². The molecule has 3 aromatic rings. The predicted octanol–water partition coefficient (Wildman–Crippen LogP) is 2.23. The zero-order chi connectivity index (χ0) is 23.8. The number of nitrogens with zero attached hydrogens (tertiary/aromatic N) is 4. The Kier molecular flexibility index (Phi) is 6.27. The minimum absolute atomic E-state index is 0.0285. The summed E-state index contributed by atoms with van der Waals surface area (Å²) in [4.78, 5) is 30.6. The van der Waals surface area contributed by atoms with E-state index in [4.69, 9.17) is 0 Å². The van der Waals surface area contributed by atoms with E-state index < -0.39 is 15.5 Å². The Bertz CT molecular complexity index is 1340. The molecule has 8 nitrogen and oxygen atoms in total. The lowest BCUT2D eigenvalue weighted by Crippen LogP contribution is -2.49. The number of carbonyl (C=O) groups is 1. The maximum atomic E-state index is 13.3. The van der Waals surface area contributed by atoms with Crippen molar-refractivity contribution in [3.8, 4) is 0 Å². The first-order chi connectivity index (χ1) is 15.7. The molecule has 1 aliphatic rings. The maximum Gasteiger partial charge on any atom is 0.259 e. The van der Waals surface area contributed by atoms with Crippen molar-refractivity contribution < 1.29 is 13.2 Å². The van der Waals surface area contributed by atoms with Crippen LogP contribution in [0.3, 0.4) is 0 Å². The number of para-hydroxylation sites is 1. The molecule has 174 valence electrons. The summed E-state index contributed by atoms with van der Waals surface area (Å²) in [5, 5.41) is 0.230. The van der Waals surface area contributed by atoms with Crippen LogP contribution in [-0.2, 0) is 16.6 Å². The van der Waals surface area contributed by atoms with Gasteiger partial charge in [-0.25, -0.2) is 12.7 Å². The summed E-state index contributed by atoms with van der Waals surface area (Å²) in [5.41, 5.74) is 1.34. The highest BCUT2D eigenvalue weighted by atomic mass is 32.2. The fourth-order valence-electron chi connectivity index (χ4n) is 4.14. The highest BCUT2D eigenvalue weighted by molar-refractivity contribution is 7.89. The molecular formula is C24H28N4O4S. The summed E-state index contributed by atoms with van der Waals surface area (Å²) >= 11 is 0. The van der Waals surface area contributed by atoms with Gasteiger partial charge in [0.2, 0.25) is 15.5 Å². The fraction of sp³-hybridized carbons (Fsp3) is 0.333. The number of sulfonamides is 1. The SMILES string of the molecule is CCn1cc(C(=O)N2CCN(c3ccccc3)CC2)c(=O)c2cc(S(=O)(=O)N(C)C)ccc21. The van der Waals surface area contributed by atoms with E-state index in [9.17, 15) is 18.0 Å². The van der Waals surface area contributed by atoms with Crippen LogP contribution in [0.2, 0.25) is 0 Å². The maximum absolute atomic E-state index is 13.3. The van der Waals surface area contributed by atoms with Gasteiger partial charge in [0.05, 0.1) is 10.4 Å². The predicted molar refractivity (Wildman–Crippen MR) is 129 cm³/mol. The van der Waals surface area contributed by atoms with E-state index in [2.05, 4.69) is 4.90 Å². The van der Waals surface area contributed by atoms with Crippen LogP contribution < -0.4 is 10.3 Å². The number of piperazine rings is 1. The zero-order valence-corrected chi connectivity index (χ0v) is 19.9. The van der Waals surface area contributed by atoms with Crippen LogP contribution in [0, 0.1) is 0 Å². The lowest BCUT2D eigenvalue weighted by Gasteiger charge is -2.36. The van der Waals surface area contributed by atoms with Gasteiger partial charge in [-0.1, -0.05) is 18.2 Å². The van der Waals surface area contributed by atoms with Crippen molar-refractivity contribution in [3.05, 3.63) is 70.5 Å². The van der Waals surface area contributed by atoms with E-state index in [0.717, 1.165) is 9.99 Å². The summed E-state index contributed by atoms with van der Waals surface area (Å²) < 4.78 is 28.1. The Balaban J connectivity index is 1.68. The van der Waals surface area contributed by atoms with Gasteiger partial charge >= 0.3 is 0 Å². The second-order valence-corrected chi connectivity index (χ2v) is 10.4. The molecule has 1 amide bonds. The van der Waals surface area contributed by atoms with E-state index in [-0.39, 0.29) is 21.8 Å². The van der Waals surface area contributed by atoms with Crippen LogP contribution in [-0.4, -0.2) is 68.4 Å². The van der Waals surface area contributed by atoms with Crippen LogP contribution in [0.5, 0.6) is 0 Å². The minimum Gasteiger partial charge on any atom is -0.368 e. The van der Waals surface area contributed by atoms with E-state index in [1.807, 2.05) is 41.8 Å². The molecule has 0 spiro atoms. The average molecular weight is 469 g/mol. The second kappa shape index (κ2) is 8.99. The Morgan fingerprint density at radius 3 is 2.27 bits per heavy atom. The molecule has 1 fully saturated rings. The molecular weight excluding hydrogens is 440 g/mol. The Labute approximate surface area is 193 Å². The van der Waals surface area contributed by atoms with Crippen LogP contribution in [0.15, 0.2) is 64.4 Å². The summed E-state index contributed by atoms with van der Waals surface area (Å²) in [7, 11) is -0.820. The van der Waals surface area contributed by atoms with E-state index >= 15 is 0 Å². The van der Waals surface area contributed by atoms with Gasteiger partial charge in [-0.15, -0.1) is 0 Å². The van der Waals surface area contributed by atoms with Gasteiger partial charge in [0, 0.05) is 64.1 Å². The Morgan fingerprint density at radius 1 is 1.00 bits per heavy atom. The summed E-state index contributed by atoms with van der Waals surface area (Å²) in [6, 6.07) is 14.5. The molecule has 0 aliphatic carbocycles. The zero-order valence-electron chi connectivity index (χ0n) is 19.1. The Morgan fingerprint density at radius 2 is 1.67 bits per heavy atom. The number of carbonyl (C=O) groups excluding carboxylic acids is 1. The summed E-state index contributed by atoms with van der Waals surface area (Å²) in [6.45, 7) is 4.83. The van der Waals surface area contributed by atoms with Gasteiger partial charge in [-0.3, -0.25) is 9.59 Å². The standard InChI is InChI=1S/C24H28N4O4S/c1-4-26-17-21(23(29)20-16-19(10-11-22(20)26)33(31,32)25(2)3)24(30)28-14-12-27(13-15-28)18-8-6-5-7-9-18/h5-11,16-17H,4,12-15H2,1-3H3. The number of aromatic nitrogens is 1. The van der Waals surface area contributed by atoms with Gasteiger partial charge in [-0.05, 0) is 37.3 Å². The number of benzene rings is 2. The molecule has 1 saturated heterocycles. The first-order valence-electron chi connectivity index (χ1n) is 10.9. The lowest BCUT2D eigenvalue weighted by atomic mass is 10.1. The van der Waals surface area contributed by atoms with Gasteiger partial charge in [0.15, 0.2) is 0 Å². The van der Waals surface area contributed by atoms with Gasteiger partial charge in [0.1, 0.15) is 5.56 Å². The number of aryl methyl sites for hydroxylation is 1. The molecule has 2 aromatic carbocycles. The number of hydrogen-bond donors (Lipinski definition) is 0. The van der Waals surface area contributed by atoms with Crippen molar-refractivity contribution in [3.63, 3.8) is 0 Å². The van der Waals surface area contributed by atoms with Crippen molar-refractivity contribution in [2.24, 2.45) is 0 Å². The number of pyridine rings is 1. The van der Waals surface area contributed by atoms with Crippen LogP contribution in [0.4, 0.5) is 5.69 Å². The Hall–Kier alpha value is -3.17. The van der Waals surface area contributed by atoms with Gasteiger partial charge in [-0.2, -0.15) is 0 Å². The highest BCUT2D eigenvalue weighted by Crippen LogP contribution is 2.21. The van der Waals surface area contributed by atoms with E-state index in [1.165, 1.54) is 26.2 Å². The van der Waals surface area contributed by atoms with Crippen LogP contribution in [0.1, 0.15) is 17.3 Å². The normalized spacial score (nSPS) is 14.8. The number of anilines is 1. The lowest BCUT2D eigenvalue weighted by molar-refractivity contribution is 0.0745. The number of rotatable bonds is 5. The fourth-order valence-corrected chi connectivity index (χ4v) is 5.07. The molecule has 0 N–H and O–H groups in total. The molecule has 0 atom stereocenters. The van der Waals surface area contributed by atoms with Crippen molar-refractivity contribution in [2.45, 2.75) is 18.4 Å². The van der Waals surface area contributed by atoms with E-state index in [0.29, 0.717) is 38.2 Å².